The zero-order chi connectivity index (χ0) is 22.6. The summed E-state index contributed by atoms with van der Waals surface area (Å²) in [7, 11) is -4.48. The molecule has 1 aromatic rings. The van der Waals surface area contributed by atoms with E-state index in [0.29, 0.717) is 12.8 Å². The van der Waals surface area contributed by atoms with Crippen molar-refractivity contribution in [2.24, 2.45) is 0 Å². The minimum Gasteiger partial charge on any atom is -0.744 e. The average molecular weight is 456 g/mol. The molecule has 5 heteroatoms. The number of unbranched alkanes of at least 4 members (excludes halogenated alkanes) is 9. The Balaban J connectivity index is 0.00000900. The standard InChI is InChI=1S/C26H46O3S.H3N/c1-6-11-12-13-14-15-16-17-18-19-20-25-23(9-4)21(7-2)22(8-3)24(10-5)26(25)30(27,28)29;/h6-20H2,1-5H3,(H,27,28,29);1H3. The maximum absolute atomic E-state index is 12.3. The number of rotatable bonds is 16. The van der Waals surface area contributed by atoms with Crippen LogP contribution in [0.4, 0.5) is 0 Å². The van der Waals surface area contributed by atoms with Gasteiger partial charge in [0.1, 0.15) is 10.1 Å². The molecule has 0 amide bonds. The summed E-state index contributed by atoms with van der Waals surface area (Å²) in [4.78, 5) is 0.117. The Labute approximate surface area is 192 Å². The second-order valence-electron chi connectivity index (χ2n) is 8.52. The molecule has 0 aliphatic heterocycles. The monoisotopic (exact) mass is 455 g/mol. The minimum atomic E-state index is -4.48. The van der Waals surface area contributed by atoms with Crippen molar-refractivity contribution in [2.45, 2.75) is 136 Å². The normalized spacial score (nSPS) is 11.5. The molecule has 1 aromatic carbocycles. The van der Waals surface area contributed by atoms with Crippen LogP contribution in [0, 0.1) is 0 Å². The maximum atomic E-state index is 12.3. The third kappa shape index (κ3) is 8.86. The Hall–Kier alpha value is -0.910. The SMILES string of the molecule is CCCCCCCCCCCCc1c(CC)c(CC)c(CC)c(CC)c1S(=O)(=O)[O-].[NH4+]. The van der Waals surface area contributed by atoms with Crippen LogP contribution in [0.1, 0.15) is 127 Å². The highest BCUT2D eigenvalue weighted by Crippen LogP contribution is 2.34. The van der Waals surface area contributed by atoms with Gasteiger partial charge in [-0.1, -0.05) is 92.4 Å². The number of hydrogen-bond acceptors (Lipinski definition) is 3. The van der Waals surface area contributed by atoms with Gasteiger partial charge in [0.05, 0.1) is 4.90 Å². The van der Waals surface area contributed by atoms with Crippen LogP contribution >= 0.6 is 0 Å². The zero-order valence-corrected chi connectivity index (χ0v) is 22.1. The van der Waals surface area contributed by atoms with E-state index in [1.165, 1.54) is 56.9 Å². The van der Waals surface area contributed by atoms with Gasteiger partial charge in [-0.25, -0.2) is 8.42 Å². The highest BCUT2D eigenvalue weighted by atomic mass is 32.2. The lowest BCUT2D eigenvalue weighted by Gasteiger charge is -2.26. The topological polar surface area (TPSA) is 93.7 Å². The first-order valence-corrected chi connectivity index (χ1v) is 13.9. The molecule has 0 aliphatic rings. The lowest BCUT2D eigenvalue weighted by atomic mass is 9.85. The van der Waals surface area contributed by atoms with E-state index >= 15 is 0 Å². The van der Waals surface area contributed by atoms with Gasteiger partial charge in [0.25, 0.3) is 0 Å². The molecule has 0 aliphatic carbocycles. The fourth-order valence-electron chi connectivity index (χ4n) is 5.01. The van der Waals surface area contributed by atoms with E-state index in [1.807, 2.05) is 6.92 Å². The Morgan fingerprint density at radius 2 is 0.903 bits per heavy atom. The first-order valence-electron chi connectivity index (χ1n) is 12.5. The van der Waals surface area contributed by atoms with Crippen molar-refractivity contribution in [1.29, 1.82) is 0 Å². The van der Waals surface area contributed by atoms with Crippen LogP contribution in [-0.2, 0) is 42.2 Å². The molecule has 1 rings (SSSR count). The summed E-state index contributed by atoms with van der Waals surface area (Å²) < 4.78 is 36.9. The summed E-state index contributed by atoms with van der Waals surface area (Å²) in [5.41, 5.74) is 5.11. The lowest BCUT2D eigenvalue weighted by Crippen LogP contribution is -2.16. The summed E-state index contributed by atoms with van der Waals surface area (Å²) in [6, 6.07) is 0. The summed E-state index contributed by atoms with van der Waals surface area (Å²) in [6.45, 7) is 10.5. The van der Waals surface area contributed by atoms with Gasteiger partial charge in [0.2, 0.25) is 0 Å². The molecule has 4 N–H and O–H groups in total. The average Bonchev–Trinajstić information content (AvgIpc) is 2.72. The third-order valence-corrected chi connectivity index (χ3v) is 7.44. The van der Waals surface area contributed by atoms with E-state index in [0.717, 1.165) is 54.4 Å². The van der Waals surface area contributed by atoms with Crippen LogP contribution in [0.5, 0.6) is 0 Å². The smallest absolute Gasteiger partial charge is 0.124 e. The third-order valence-electron chi connectivity index (χ3n) is 6.45. The summed E-state index contributed by atoms with van der Waals surface area (Å²) >= 11 is 0. The van der Waals surface area contributed by atoms with Crippen molar-refractivity contribution < 1.29 is 13.0 Å². The molecule has 0 saturated carbocycles. The Morgan fingerprint density at radius 1 is 0.548 bits per heavy atom. The van der Waals surface area contributed by atoms with Crippen molar-refractivity contribution in [3.63, 3.8) is 0 Å². The van der Waals surface area contributed by atoms with Gasteiger partial charge in [-0.3, -0.25) is 0 Å². The highest BCUT2D eigenvalue weighted by molar-refractivity contribution is 7.85. The van der Waals surface area contributed by atoms with Crippen LogP contribution in [0.15, 0.2) is 4.90 Å². The number of hydrogen-bond donors (Lipinski definition) is 1. The van der Waals surface area contributed by atoms with E-state index in [4.69, 9.17) is 0 Å². The Bertz CT molecular complexity index is 742. The Kier molecular flexibility index (Phi) is 15.4. The molecule has 0 saturated heterocycles. The molecule has 0 spiro atoms. The molecule has 0 atom stereocenters. The van der Waals surface area contributed by atoms with Gasteiger partial charge in [-0.2, -0.15) is 0 Å². The molecule has 0 radical (unpaired) electrons. The van der Waals surface area contributed by atoms with E-state index in [9.17, 15) is 13.0 Å². The fourth-order valence-corrected chi connectivity index (χ4v) is 6.11. The van der Waals surface area contributed by atoms with Crippen molar-refractivity contribution in [3.8, 4) is 0 Å². The van der Waals surface area contributed by atoms with Gasteiger partial charge in [-0.05, 0) is 66.3 Å². The highest BCUT2D eigenvalue weighted by Gasteiger charge is 2.23. The van der Waals surface area contributed by atoms with Gasteiger partial charge >= 0.3 is 0 Å². The predicted molar refractivity (Wildman–Crippen MR) is 133 cm³/mol. The fraction of sp³-hybridized carbons (Fsp3) is 0.769. The van der Waals surface area contributed by atoms with Crippen LogP contribution in [0.3, 0.4) is 0 Å². The quantitative estimate of drug-likeness (QED) is 0.204. The predicted octanol–water partition coefficient (Wildman–Crippen LogP) is 7.68. The maximum Gasteiger partial charge on any atom is 0.124 e. The van der Waals surface area contributed by atoms with Crippen LogP contribution in [0.25, 0.3) is 0 Å². The molecular weight excluding hydrogens is 406 g/mol. The number of benzene rings is 1. The summed E-state index contributed by atoms with van der Waals surface area (Å²) in [5.74, 6) is 0. The van der Waals surface area contributed by atoms with Crippen LogP contribution in [-0.4, -0.2) is 13.0 Å². The largest absolute Gasteiger partial charge is 0.744 e. The molecule has 0 bridgehead atoms. The molecule has 31 heavy (non-hydrogen) atoms. The molecule has 0 fully saturated rings. The van der Waals surface area contributed by atoms with Crippen molar-refractivity contribution in [3.05, 3.63) is 27.8 Å². The van der Waals surface area contributed by atoms with Crippen LogP contribution in [0.2, 0.25) is 0 Å². The van der Waals surface area contributed by atoms with Gasteiger partial charge in [-0.15, -0.1) is 0 Å². The molecule has 0 unspecified atom stereocenters. The van der Waals surface area contributed by atoms with Gasteiger partial charge in [0, 0.05) is 0 Å². The van der Waals surface area contributed by atoms with E-state index in [2.05, 4.69) is 27.7 Å². The van der Waals surface area contributed by atoms with Crippen molar-refractivity contribution in [2.75, 3.05) is 0 Å². The minimum absolute atomic E-state index is 0. The first kappa shape index (κ1) is 30.1. The molecule has 182 valence electrons. The van der Waals surface area contributed by atoms with Gasteiger partial charge in [0.15, 0.2) is 0 Å². The van der Waals surface area contributed by atoms with E-state index < -0.39 is 10.1 Å². The second-order valence-corrected chi connectivity index (χ2v) is 9.84. The zero-order valence-electron chi connectivity index (χ0n) is 21.2. The molecule has 0 aromatic heterocycles. The summed E-state index contributed by atoms with van der Waals surface area (Å²) in [6.07, 6.45) is 16.3. The molecule has 0 heterocycles. The Morgan fingerprint density at radius 3 is 1.29 bits per heavy atom. The first-order chi connectivity index (χ1) is 14.4. The van der Waals surface area contributed by atoms with Crippen molar-refractivity contribution in [1.82, 2.24) is 6.15 Å². The van der Waals surface area contributed by atoms with E-state index in [-0.39, 0.29) is 11.0 Å². The second kappa shape index (κ2) is 15.8. The van der Waals surface area contributed by atoms with E-state index in [1.54, 1.807) is 0 Å². The van der Waals surface area contributed by atoms with Crippen LogP contribution < -0.4 is 6.15 Å². The lowest BCUT2D eigenvalue weighted by molar-refractivity contribution is 0.460. The molecular formula is C26H49NO3S. The molecule has 4 nitrogen and oxygen atoms in total. The van der Waals surface area contributed by atoms with Crippen molar-refractivity contribution >= 4 is 10.1 Å². The number of quaternary nitrogens is 1. The summed E-state index contributed by atoms with van der Waals surface area (Å²) in [5, 5.41) is 0. The van der Waals surface area contributed by atoms with Gasteiger partial charge < -0.3 is 10.7 Å².